The third-order valence-corrected chi connectivity index (χ3v) is 4.45. The molecule has 2 bridgehead atoms. The lowest BCUT2D eigenvalue weighted by Gasteiger charge is -2.48. The number of piperidine rings is 3. The first kappa shape index (κ1) is 9.96. The quantitative estimate of drug-likeness (QED) is 0.811. The molecule has 0 aliphatic carbocycles. The van der Waals surface area contributed by atoms with E-state index in [4.69, 9.17) is 11.6 Å². The number of aliphatic hydroxyl groups excluding tert-OH is 1. The molecule has 3 fully saturated rings. The molecule has 0 saturated carbocycles. The Kier molecular flexibility index (Phi) is 2.43. The van der Waals surface area contributed by atoms with Gasteiger partial charge in [0.25, 0.3) is 0 Å². The number of hydrogen-bond acceptors (Lipinski definition) is 5. The highest BCUT2D eigenvalue weighted by Crippen LogP contribution is 2.41. The monoisotopic (exact) mass is 245 g/mol. The van der Waals surface area contributed by atoms with Crippen molar-refractivity contribution in [2.24, 2.45) is 5.92 Å². The molecule has 6 heteroatoms. The molecule has 2 unspecified atom stereocenters. The molecule has 4 nitrogen and oxygen atoms in total. The van der Waals surface area contributed by atoms with E-state index < -0.39 is 0 Å². The van der Waals surface area contributed by atoms with E-state index in [2.05, 4.69) is 13.6 Å². The summed E-state index contributed by atoms with van der Waals surface area (Å²) >= 11 is 7.09. The average Bonchev–Trinajstić information content (AvgIpc) is 2.66. The molecule has 15 heavy (non-hydrogen) atoms. The third kappa shape index (κ3) is 1.49. The fraction of sp³-hybridized carbons (Fsp3) is 0.778. The second-order valence-corrected chi connectivity index (χ2v) is 5.14. The van der Waals surface area contributed by atoms with Crippen LogP contribution in [0.25, 0.3) is 0 Å². The maximum atomic E-state index is 10.2. The Bertz CT molecular complexity index is 362. The number of hydrogen-bond donors (Lipinski definition) is 1. The first-order chi connectivity index (χ1) is 7.27. The Hall–Kier alpha value is -0.230. The summed E-state index contributed by atoms with van der Waals surface area (Å²) in [6.07, 6.45) is 1.86. The molecule has 3 aliphatic rings. The van der Waals surface area contributed by atoms with Crippen LogP contribution in [0.15, 0.2) is 0 Å². The second-order valence-electron chi connectivity index (χ2n) is 4.25. The lowest BCUT2D eigenvalue weighted by Crippen LogP contribution is -2.52. The van der Waals surface area contributed by atoms with Gasteiger partial charge in [0, 0.05) is 0 Å². The molecular formula is C9H12ClN3OS. The molecule has 1 aromatic rings. The highest BCUT2D eigenvalue weighted by Gasteiger charge is 2.43. The first-order valence-corrected chi connectivity index (χ1v) is 6.28. The van der Waals surface area contributed by atoms with Crippen LogP contribution >= 0.6 is 23.3 Å². The number of nitrogens with zero attached hydrogens (tertiary/aromatic N) is 3. The van der Waals surface area contributed by atoms with Crippen molar-refractivity contribution in [2.45, 2.75) is 25.0 Å². The summed E-state index contributed by atoms with van der Waals surface area (Å²) in [6.45, 7) is 2.08. The Morgan fingerprint density at radius 3 is 2.60 bits per heavy atom. The predicted octanol–water partition coefficient (Wildman–Crippen LogP) is 1.32. The van der Waals surface area contributed by atoms with Gasteiger partial charge in [-0.15, -0.1) is 0 Å². The third-order valence-electron chi connectivity index (χ3n) is 3.53. The molecule has 0 aromatic carbocycles. The van der Waals surface area contributed by atoms with Crippen molar-refractivity contribution in [3.05, 3.63) is 10.8 Å². The van der Waals surface area contributed by atoms with Crippen LogP contribution in [0.5, 0.6) is 0 Å². The van der Waals surface area contributed by atoms with Gasteiger partial charge < -0.3 is 5.11 Å². The van der Waals surface area contributed by atoms with Crippen molar-refractivity contribution in [3.8, 4) is 0 Å². The SMILES string of the molecule is OC1C2CCN(CC2)C1c1nsnc1Cl. The smallest absolute Gasteiger partial charge is 0.167 e. The van der Waals surface area contributed by atoms with E-state index in [0.717, 1.165) is 43.4 Å². The van der Waals surface area contributed by atoms with Gasteiger partial charge in [0.1, 0.15) is 5.69 Å². The van der Waals surface area contributed by atoms with Crippen molar-refractivity contribution in [3.63, 3.8) is 0 Å². The largest absolute Gasteiger partial charge is 0.391 e. The topological polar surface area (TPSA) is 49.2 Å². The number of aliphatic hydroxyl groups is 1. The highest BCUT2D eigenvalue weighted by molar-refractivity contribution is 6.99. The minimum Gasteiger partial charge on any atom is -0.391 e. The van der Waals surface area contributed by atoms with E-state index in [9.17, 15) is 5.11 Å². The number of fused-ring (bicyclic) bond motifs is 3. The molecule has 2 atom stereocenters. The number of halogens is 1. The zero-order chi connectivity index (χ0) is 10.4. The summed E-state index contributed by atoms with van der Waals surface area (Å²) in [6, 6.07) is -0.0243. The maximum absolute atomic E-state index is 10.2. The fourth-order valence-corrected chi connectivity index (χ4v) is 3.49. The highest BCUT2D eigenvalue weighted by atomic mass is 35.5. The van der Waals surface area contributed by atoms with Crippen molar-refractivity contribution < 1.29 is 5.11 Å². The summed E-state index contributed by atoms with van der Waals surface area (Å²) in [5.74, 6) is 0.415. The van der Waals surface area contributed by atoms with E-state index in [1.807, 2.05) is 0 Å². The van der Waals surface area contributed by atoms with Crippen LogP contribution in [-0.4, -0.2) is 37.9 Å². The summed E-state index contributed by atoms with van der Waals surface area (Å²) in [7, 11) is 0. The summed E-state index contributed by atoms with van der Waals surface area (Å²) in [4.78, 5) is 2.27. The van der Waals surface area contributed by atoms with Gasteiger partial charge >= 0.3 is 0 Å². The molecule has 3 saturated heterocycles. The molecule has 0 radical (unpaired) electrons. The Morgan fingerprint density at radius 1 is 1.33 bits per heavy atom. The molecule has 1 N–H and O–H groups in total. The molecule has 4 heterocycles. The van der Waals surface area contributed by atoms with Crippen LogP contribution in [0, 0.1) is 5.92 Å². The Labute approximate surface area is 97.2 Å². The lowest BCUT2D eigenvalue weighted by atomic mass is 9.80. The molecule has 3 aliphatic heterocycles. The van der Waals surface area contributed by atoms with Crippen molar-refractivity contribution >= 4 is 23.3 Å². The standard InChI is InChI=1S/C9H12ClN3OS/c10-9-6(11-15-12-9)7-8(14)5-1-3-13(7)4-2-5/h5,7-8,14H,1-4H2. The minimum atomic E-state index is -0.325. The Morgan fingerprint density at radius 2 is 2.07 bits per heavy atom. The van der Waals surface area contributed by atoms with Gasteiger partial charge in [-0.1, -0.05) is 11.6 Å². The van der Waals surface area contributed by atoms with Gasteiger partial charge in [-0.25, -0.2) is 0 Å². The zero-order valence-electron chi connectivity index (χ0n) is 8.14. The van der Waals surface area contributed by atoms with Gasteiger partial charge in [-0.3, -0.25) is 4.90 Å². The molecule has 0 spiro atoms. The van der Waals surface area contributed by atoms with Crippen LogP contribution < -0.4 is 0 Å². The van der Waals surface area contributed by atoms with Gasteiger partial charge in [-0.2, -0.15) is 8.75 Å². The van der Waals surface area contributed by atoms with Gasteiger partial charge in [-0.05, 0) is 31.8 Å². The van der Waals surface area contributed by atoms with Crippen LogP contribution in [0.2, 0.25) is 5.15 Å². The second kappa shape index (κ2) is 3.66. The Balaban J connectivity index is 1.95. The molecule has 4 rings (SSSR count). The van der Waals surface area contributed by atoms with E-state index in [0.29, 0.717) is 11.1 Å². The summed E-state index contributed by atoms with van der Waals surface area (Å²) in [5.41, 5.74) is 0.763. The van der Waals surface area contributed by atoms with Gasteiger partial charge in [0.15, 0.2) is 5.15 Å². The van der Waals surface area contributed by atoms with Crippen LogP contribution in [-0.2, 0) is 0 Å². The van der Waals surface area contributed by atoms with E-state index in [-0.39, 0.29) is 12.1 Å². The van der Waals surface area contributed by atoms with Crippen LogP contribution in [0.3, 0.4) is 0 Å². The van der Waals surface area contributed by atoms with Crippen molar-refractivity contribution in [1.29, 1.82) is 0 Å². The maximum Gasteiger partial charge on any atom is 0.167 e. The predicted molar refractivity (Wildman–Crippen MR) is 58.0 cm³/mol. The van der Waals surface area contributed by atoms with Gasteiger partial charge in [0.2, 0.25) is 0 Å². The van der Waals surface area contributed by atoms with Crippen LogP contribution in [0.4, 0.5) is 0 Å². The van der Waals surface area contributed by atoms with Gasteiger partial charge in [0.05, 0.1) is 23.9 Å². The van der Waals surface area contributed by atoms with E-state index >= 15 is 0 Å². The molecule has 82 valence electrons. The summed E-state index contributed by atoms with van der Waals surface area (Å²) in [5, 5.41) is 10.6. The van der Waals surface area contributed by atoms with E-state index in [1.165, 1.54) is 0 Å². The van der Waals surface area contributed by atoms with Crippen LogP contribution in [0.1, 0.15) is 24.6 Å². The number of rotatable bonds is 1. The number of aromatic nitrogens is 2. The first-order valence-electron chi connectivity index (χ1n) is 5.17. The van der Waals surface area contributed by atoms with E-state index in [1.54, 1.807) is 0 Å². The zero-order valence-corrected chi connectivity index (χ0v) is 9.71. The van der Waals surface area contributed by atoms with Crippen molar-refractivity contribution in [2.75, 3.05) is 13.1 Å². The fourth-order valence-electron chi connectivity index (χ4n) is 2.71. The minimum absolute atomic E-state index is 0.0243. The average molecular weight is 246 g/mol. The molecule has 0 amide bonds. The van der Waals surface area contributed by atoms with Crippen molar-refractivity contribution in [1.82, 2.24) is 13.6 Å². The lowest BCUT2D eigenvalue weighted by molar-refractivity contribution is -0.0751. The molecule has 1 aromatic heterocycles. The summed E-state index contributed by atoms with van der Waals surface area (Å²) < 4.78 is 8.17. The molecular weight excluding hydrogens is 234 g/mol. The normalized spacial score (nSPS) is 39.6.